The van der Waals surface area contributed by atoms with Gasteiger partial charge in [0, 0.05) is 43.4 Å². The van der Waals surface area contributed by atoms with E-state index in [9.17, 15) is 14.4 Å². The maximum absolute atomic E-state index is 13.3. The van der Waals surface area contributed by atoms with Crippen molar-refractivity contribution in [2.75, 3.05) is 31.8 Å². The number of hydrogen-bond acceptors (Lipinski definition) is 8. The van der Waals surface area contributed by atoms with Crippen LogP contribution in [0.1, 0.15) is 72.1 Å². The molecule has 3 amide bonds. The summed E-state index contributed by atoms with van der Waals surface area (Å²) in [4.78, 5) is 44.3. The summed E-state index contributed by atoms with van der Waals surface area (Å²) in [6.45, 7) is 6.52. The molecule has 3 N–H and O–H groups in total. The predicted molar refractivity (Wildman–Crippen MR) is 189 cm³/mol. The summed E-state index contributed by atoms with van der Waals surface area (Å²) < 4.78 is 5.82. The Labute approximate surface area is 286 Å². The van der Waals surface area contributed by atoms with Crippen molar-refractivity contribution in [1.82, 2.24) is 25.4 Å². The number of ether oxygens (including phenoxy) is 1. The number of carbonyl (C=O) groups excluding carboxylic acids is 3. The highest BCUT2D eigenvalue weighted by molar-refractivity contribution is 6.34. The van der Waals surface area contributed by atoms with Crippen LogP contribution in [0.3, 0.4) is 0 Å². The van der Waals surface area contributed by atoms with Gasteiger partial charge in [-0.15, -0.1) is 10.2 Å². The van der Waals surface area contributed by atoms with Gasteiger partial charge in [0.05, 0.1) is 35.7 Å². The number of halogens is 1. The van der Waals surface area contributed by atoms with E-state index in [4.69, 9.17) is 16.3 Å². The monoisotopic (exact) mass is 671 g/mol. The van der Waals surface area contributed by atoms with Gasteiger partial charge < -0.3 is 25.6 Å². The Kier molecular flexibility index (Phi) is 12.5. The Morgan fingerprint density at radius 1 is 1.00 bits per heavy atom. The highest BCUT2D eigenvalue weighted by atomic mass is 35.5. The third-order valence-electron chi connectivity index (χ3n) is 7.60. The molecule has 0 saturated heterocycles. The van der Waals surface area contributed by atoms with Crippen LogP contribution >= 0.6 is 11.6 Å². The fourth-order valence-electron chi connectivity index (χ4n) is 5.06. The number of amides is 3. The molecule has 5 rings (SSSR count). The number of aryl methyl sites for hydroxylation is 1. The number of carbonyl (C=O) groups is 3. The summed E-state index contributed by atoms with van der Waals surface area (Å²) in [6.07, 6.45) is 5.46. The van der Waals surface area contributed by atoms with Crippen molar-refractivity contribution in [1.29, 1.82) is 0 Å². The van der Waals surface area contributed by atoms with E-state index >= 15 is 0 Å². The third kappa shape index (κ3) is 8.65. The molecule has 0 atom stereocenters. The summed E-state index contributed by atoms with van der Waals surface area (Å²) in [5.74, 6) is -0.139. The molecular formula is C36H42ClN7O4. The minimum absolute atomic E-state index is 0.0301. The van der Waals surface area contributed by atoms with Gasteiger partial charge in [0.2, 0.25) is 5.91 Å². The number of nitrogens with one attached hydrogen (secondary N) is 3. The van der Waals surface area contributed by atoms with Crippen LogP contribution in [-0.2, 0) is 17.8 Å². The number of benzene rings is 2. The second-order valence-electron chi connectivity index (χ2n) is 11.1. The van der Waals surface area contributed by atoms with Crippen molar-refractivity contribution in [3.63, 3.8) is 0 Å². The predicted octanol–water partition coefficient (Wildman–Crippen LogP) is 6.90. The van der Waals surface area contributed by atoms with Gasteiger partial charge >= 0.3 is 0 Å². The lowest BCUT2D eigenvalue weighted by molar-refractivity contribution is -0.117. The van der Waals surface area contributed by atoms with Crippen molar-refractivity contribution in [3.8, 4) is 16.9 Å². The number of anilines is 3. The number of pyridine rings is 1. The van der Waals surface area contributed by atoms with E-state index in [1.54, 1.807) is 48.5 Å². The highest BCUT2D eigenvalue weighted by Crippen LogP contribution is 2.43. The summed E-state index contributed by atoms with van der Waals surface area (Å²) >= 11 is 6.69. The zero-order valence-corrected chi connectivity index (χ0v) is 28.9. The van der Waals surface area contributed by atoms with Crippen LogP contribution < -0.4 is 20.7 Å². The molecule has 1 aliphatic carbocycles. The summed E-state index contributed by atoms with van der Waals surface area (Å²) in [5.41, 5.74) is 4.69. The zero-order chi connectivity index (χ0) is 34.8. The van der Waals surface area contributed by atoms with Crippen molar-refractivity contribution < 1.29 is 19.1 Å². The van der Waals surface area contributed by atoms with E-state index < -0.39 is 5.91 Å². The smallest absolute Gasteiger partial charge is 0.273 e. The van der Waals surface area contributed by atoms with Gasteiger partial charge in [-0.3, -0.25) is 19.4 Å². The maximum Gasteiger partial charge on any atom is 0.273 e. The molecule has 12 heteroatoms. The first-order valence-corrected chi connectivity index (χ1v) is 16.4. The van der Waals surface area contributed by atoms with Crippen LogP contribution in [0.4, 0.5) is 17.2 Å². The van der Waals surface area contributed by atoms with Gasteiger partial charge in [0.1, 0.15) is 0 Å². The Hall–Kier alpha value is -5.03. The second-order valence-corrected chi connectivity index (χ2v) is 11.5. The van der Waals surface area contributed by atoms with E-state index in [1.165, 1.54) is 19.7 Å². The summed E-state index contributed by atoms with van der Waals surface area (Å²) in [7, 11) is 4.76. The molecule has 4 aromatic rings. The molecule has 0 aliphatic heterocycles. The van der Waals surface area contributed by atoms with Crippen LogP contribution in [-0.4, -0.2) is 59.0 Å². The fraction of sp³-hybridized carbons (Fsp3) is 0.333. The number of hydrogen-bond donors (Lipinski definition) is 3. The average Bonchev–Trinajstić information content (AvgIpc) is 3.96. The first-order chi connectivity index (χ1) is 23.2. The van der Waals surface area contributed by atoms with E-state index in [-0.39, 0.29) is 29.2 Å². The molecular weight excluding hydrogens is 630 g/mol. The lowest BCUT2D eigenvalue weighted by Gasteiger charge is -2.19. The van der Waals surface area contributed by atoms with Gasteiger partial charge in [0.25, 0.3) is 11.8 Å². The molecule has 0 radical (unpaired) electrons. The van der Waals surface area contributed by atoms with Gasteiger partial charge in [0.15, 0.2) is 17.3 Å². The van der Waals surface area contributed by atoms with E-state index in [2.05, 4.69) is 38.1 Å². The fourth-order valence-corrected chi connectivity index (χ4v) is 5.32. The zero-order valence-electron chi connectivity index (χ0n) is 28.2. The Morgan fingerprint density at radius 3 is 2.38 bits per heavy atom. The SMILES string of the molecule is CC.CCCc1ccnc(CN(C)C(=O)c2ccc(-c3c(Cl)ccc(Nc4cc(NC(=O)C5CC5)nnc4C(=O)NC)c3OC)cc2)c1. The second kappa shape index (κ2) is 16.7. The van der Waals surface area contributed by atoms with Crippen molar-refractivity contribution in [2.45, 2.75) is 53.0 Å². The highest BCUT2D eigenvalue weighted by Gasteiger charge is 2.30. The molecule has 48 heavy (non-hydrogen) atoms. The summed E-state index contributed by atoms with van der Waals surface area (Å²) in [5, 5.41) is 17.0. The standard InChI is InChI=1S/C34H36ClN7O4.C2H6/c1-5-6-20-15-16-37-24(17-20)19-42(3)34(45)23-11-7-21(8-12-23)29-25(35)13-14-26(31(29)46-4)38-27-18-28(39-32(43)22-9-10-22)40-41-30(27)33(44)36-2;1-2/h7-8,11-18,22H,5-6,9-10,19H2,1-4H3,(H,36,44)(H2,38,39,40,43);1-2H3. The lowest BCUT2D eigenvalue weighted by Crippen LogP contribution is -2.26. The van der Waals surface area contributed by atoms with Gasteiger partial charge in [-0.05, 0) is 66.8 Å². The molecule has 2 aromatic carbocycles. The van der Waals surface area contributed by atoms with Crippen LogP contribution in [0.5, 0.6) is 5.75 Å². The van der Waals surface area contributed by atoms with Crippen molar-refractivity contribution in [3.05, 3.63) is 88.3 Å². The van der Waals surface area contributed by atoms with Crippen LogP contribution in [0.15, 0.2) is 60.8 Å². The van der Waals surface area contributed by atoms with Crippen LogP contribution in [0, 0.1) is 5.92 Å². The van der Waals surface area contributed by atoms with E-state index in [0.717, 1.165) is 36.9 Å². The lowest BCUT2D eigenvalue weighted by atomic mass is 10.0. The van der Waals surface area contributed by atoms with Crippen molar-refractivity contribution in [2.24, 2.45) is 5.92 Å². The Bertz CT molecular complexity index is 1760. The van der Waals surface area contributed by atoms with Crippen molar-refractivity contribution >= 4 is 46.5 Å². The molecule has 252 valence electrons. The molecule has 11 nitrogen and oxygen atoms in total. The van der Waals surface area contributed by atoms with Gasteiger partial charge in [-0.2, -0.15) is 0 Å². The van der Waals surface area contributed by atoms with Gasteiger partial charge in [-0.25, -0.2) is 0 Å². The van der Waals surface area contributed by atoms with Gasteiger partial charge in [-0.1, -0.05) is 50.9 Å². The van der Waals surface area contributed by atoms with Crippen LogP contribution in [0.2, 0.25) is 5.02 Å². The number of aromatic nitrogens is 3. The largest absolute Gasteiger partial charge is 0.494 e. The topological polar surface area (TPSA) is 138 Å². The quantitative estimate of drug-likeness (QED) is 0.148. The molecule has 0 bridgehead atoms. The third-order valence-corrected chi connectivity index (χ3v) is 7.92. The number of rotatable bonds is 12. The molecule has 0 spiro atoms. The van der Waals surface area contributed by atoms with E-state index in [0.29, 0.717) is 39.8 Å². The molecule has 2 heterocycles. The minimum atomic E-state index is -0.460. The minimum Gasteiger partial charge on any atom is -0.494 e. The Balaban J connectivity index is 0.00000255. The van der Waals surface area contributed by atoms with E-state index in [1.807, 2.05) is 38.1 Å². The molecule has 2 aromatic heterocycles. The molecule has 0 unspecified atom stereocenters. The number of nitrogens with zero attached hydrogens (tertiary/aromatic N) is 4. The first kappa shape index (κ1) is 35.8. The van der Waals surface area contributed by atoms with Crippen LogP contribution in [0.25, 0.3) is 11.1 Å². The number of methoxy groups -OCH3 is 1. The molecule has 1 aliphatic rings. The normalized spacial score (nSPS) is 11.9. The Morgan fingerprint density at radius 2 is 1.73 bits per heavy atom. The molecule has 1 fully saturated rings. The first-order valence-electron chi connectivity index (χ1n) is 16.1. The summed E-state index contributed by atoms with van der Waals surface area (Å²) in [6, 6.07) is 16.1. The average molecular weight is 672 g/mol. The maximum atomic E-state index is 13.3. The molecule has 1 saturated carbocycles.